The number of hydrogen-bond acceptors (Lipinski definition) is 4. The predicted molar refractivity (Wildman–Crippen MR) is 79.5 cm³/mol. The molecular weight excluding hydrogens is 276 g/mol. The molecule has 0 aliphatic carbocycles. The van der Waals surface area contributed by atoms with Gasteiger partial charge in [-0.3, -0.25) is 9.59 Å². The molecule has 0 spiro atoms. The van der Waals surface area contributed by atoms with Crippen molar-refractivity contribution in [2.75, 3.05) is 24.6 Å². The van der Waals surface area contributed by atoms with Crippen LogP contribution in [0.2, 0.25) is 0 Å². The number of nitrogens with one attached hydrogen (secondary N) is 1. The fourth-order valence-corrected chi connectivity index (χ4v) is 4.13. The van der Waals surface area contributed by atoms with E-state index < -0.39 is 5.60 Å². The Labute approximate surface area is 124 Å². The Morgan fingerprint density at radius 1 is 1.60 bits per heavy atom. The van der Waals surface area contributed by atoms with Gasteiger partial charge in [0.15, 0.2) is 5.60 Å². The van der Waals surface area contributed by atoms with Crippen LogP contribution in [0.5, 0.6) is 0 Å². The number of carbonyl (C=O) groups excluding carboxylic acids is 2. The van der Waals surface area contributed by atoms with Gasteiger partial charge in [-0.25, -0.2) is 0 Å². The highest BCUT2D eigenvalue weighted by atomic mass is 32.2. The van der Waals surface area contributed by atoms with Gasteiger partial charge >= 0.3 is 0 Å². The molecular formula is C14H24N2O3S. The maximum atomic E-state index is 12.0. The lowest BCUT2D eigenvalue weighted by Gasteiger charge is -2.27. The first kappa shape index (κ1) is 15.6. The lowest BCUT2D eigenvalue weighted by molar-refractivity contribution is -0.137. The predicted octanol–water partition coefficient (Wildman–Crippen LogP) is 0.762. The van der Waals surface area contributed by atoms with E-state index in [0.717, 1.165) is 31.6 Å². The molecule has 5 nitrogen and oxygen atoms in total. The number of aliphatic hydroxyl groups is 1. The first-order chi connectivity index (χ1) is 9.57. The number of hydrogen-bond donors (Lipinski definition) is 2. The summed E-state index contributed by atoms with van der Waals surface area (Å²) in [7, 11) is 0. The maximum Gasteiger partial charge on any atom is 0.252 e. The van der Waals surface area contributed by atoms with Gasteiger partial charge in [-0.1, -0.05) is 6.92 Å². The lowest BCUT2D eigenvalue weighted by Crippen LogP contribution is -2.48. The summed E-state index contributed by atoms with van der Waals surface area (Å²) in [6.45, 7) is 3.43. The van der Waals surface area contributed by atoms with Gasteiger partial charge in [0.1, 0.15) is 0 Å². The highest BCUT2D eigenvalue weighted by Gasteiger charge is 2.39. The van der Waals surface area contributed by atoms with Crippen molar-refractivity contribution in [1.82, 2.24) is 10.2 Å². The summed E-state index contributed by atoms with van der Waals surface area (Å²) < 4.78 is 0. The largest absolute Gasteiger partial charge is 0.379 e. The minimum atomic E-state index is -1.18. The quantitative estimate of drug-likeness (QED) is 0.760. The molecule has 0 unspecified atom stereocenters. The lowest BCUT2D eigenvalue weighted by atomic mass is 10.0. The van der Waals surface area contributed by atoms with Crippen LogP contribution in [0, 0.1) is 0 Å². The smallest absolute Gasteiger partial charge is 0.252 e. The highest BCUT2D eigenvalue weighted by molar-refractivity contribution is 7.99. The van der Waals surface area contributed by atoms with Crippen molar-refractivity contribution in [2.24, 2.45) is 0 Å². The molecule has 20 heavy (non-hydrogen) atoms. The van der Waals surface area contributed by atoms with Crippen LogP contribution in [0.3, 0.4) is 0 Å². The minimum absolute atomic E-state index is 0.206. The van der Waals surface area contributed by atoms with Crippen LogP contribution in [-0.4, -0.2) is 58.1 Å². The average molecular weight is 300 g/mol. The molecule has 2 heterocycles. The molecule has 2 saturated heterocycles. The molecule has 0 saturated carbocycles. The summed E-state index contributed by atoms with van der Waals surface area (Å²) in [6.07, 6.45) is 3.79. The van der Waals surface area contributed by atoms with E-state index in [1.165, 1.54) is 0 Å². The van der Waals surface area contributed by atoms with Crippen LogP contribution in [-0.2, 0) is 9.59 Å². The van der Waals surface area contributed by atoms with Crippen LogP contribution < -0.4 is 5.32 Å². The van der Waals surface area contributed by atoms with E-state index in [2.05, 4.69) is 12.2 Å². The summed E-state index contributed by atoms with van der Waals surface area (Å²) in [4.78, 5) is 25.6. The van der Waals surface area contributed by atoms with Gasteiger partial charge < -0.3 is 15.3 Å². The van der Waals surface area contributed by atoms with E-state index in [9.17, 15) is 14.7 Å². The standard InChI is InChI=1S/C14H24N2O3S/c1-2-11(16-8-3-4-12(16)17)5-7-15-13(18)14(19)6-9-20-10-14/h11,19H,2-10H2,1H3,(H,15,18)/t11-,14-/m0/s1. The van der Waals surface area contributed by atoms with Crippen molar-refractivity contribution in [3.63, 3.8) is 0 Å². The topological polar surface area (TPSA) is 69.6 Å². The van der Waals surface area contributed by atoms with Crippen molar-refractivity contribution in [3.8, 4) is 0 Å². The second-order valence-corrected chi connectivity index (χ2v) is 6.74. The number of amides is 2. The first-order valence-electron chi connectivity index (χ1n) is 7.45. The molecule has 114 valence electrons. The fraction of sp³-hybridized carbons (Fsp3) is 0.857. The van der Waals surface area contributed by atoms with Gasteiger partial charge in [0, 0.05) is 31.3 Å². The Kier molecular flexibility index (Phi) is 5.32. The van der Waals surface area contributed by atoms with E-state index in [4.69, 9.17) is 0 Å². The molecule has 6 heteroatoms. The summed E-state index contributed by atoms with van der Waals surface area (Å²) in [6, 6.07) is 0.206. The zero-order chi connectivity index (χ0) is 14.6. The van der Waals surface area contributed by atoms with Gasteiger partial charge in [-0.2, -0.15) is 11.8 Å². The maximum absolute atomic E-state index is 12.0. The molecule has 2 aliphatic heterocycles. The molecule has 0 bridgehead atoms. The van der Waals surface area contributed by atoms with Gasteiger partial charge in [0.05, 0.1) is 0 Å². The molecule has 2 aliphatic rings. The van der Waals surface area contributed by atoms with E-state index in [-0.39, 0.29) is 17.9 Å². The molecule has 0 radical (unpaired) electrons. The third-order valence-electron chi connectivity index (χ3n) is 4.21. The second kappa shape index (κ2) is 6.80. The molecule has 0 aromatic heterocycles. The van der Waals surface area contributed by atoms with Gasteiger partial charge in [0.2, 0.25) is 5.91 Å². The molecule has 2 fully saturated rings. The Hall–Kier alpha value is -0.750. The Morgan fingerprint density at radius 3 is 2.95 bits per heavy atom. The number of likely N-dealkylation sites (tertiary alicyclic amines) is 1. The van der Waals surface area contributed by atoms with Crippen molar-refractivity contribution < 1.29 is 14.7 Å². The highest BCUT2D eigenvalue weighted by Crippen LogP contribution is 2.27. The normalized spacial score (nSPS) is 27.9. The first-order valence-corrected chi connectivity index (χ1v) is 8.60. The molecule has 0 aromatic carbocycles. The van der Waals surface area contributed by atoms with Crippen LogP contribution in [0.25, 0.3) is 0 Å². The van der Waals surface area contributed by atoms with Crippen LogP contribution in [0.15, 0.2) is 0 Å². The summed E-state index contributed by atoms with van der Waals surface area (Å²) in [5.41, 5.74) is -1.18. The summed E-state index contributed by atoms with van der Waals surface area (Å²) in [5, 5.41) is 13.0. The Morgan fingerprint density at radius 2 is 2.40 bits per heavy atom. The van der Waals surface area contributed by atoms with Crippen molar-refractivity contribution in [3.05, 3.63) is 0 Å². The van der Waals surface area contributed by atoms with Crippen LogP contribution in [0.1, 0.15) is 39.0 Å². The third-order valence-corrected chi connectivity index (χ3v) is 5.38. The molecule has 2 rings (SSSR count). The SMILES string of the molecule is CC[C@@H](CCNC(=O)[C@]1(O)CCSC1)N1CCCC1=O. The fourth-order valence-electron chi connectivity index (χ4n) is 2.89. The Balaban J connectivity index is 1.76. The molecule has 2 amide bonds. The van der Waals surface area contributed by atoms with Gasteiger partial charge in [-0.15, -0.1) is 0 Å². The van der Waals surface area contributed by atoms with Crippen molar-refractivity contribution in [1.29, 1.82) is 0 Å². The van der Waals surface area contributed by atoms with E-state index in [1.807, 2.05) is 4.90 Å². The minimum Gasteiger partial charge on any atom is -0.379 e. The number of nitrogens with zero attached hydrogens (tertiary/aromatic N) is 1. The summed E-state index contributed by atoms with van der Waals surface area (Å²) in [5.74, 6) is 1.30. The van der Waals surface area contributed by atoms with Crippen molar-refractivity contribution in [2.45, 2.75) is 50.7 Å². The van der Waals surface area contributed by atoms with Gasteiger partial charge in [0.25, 0.3) is 5.91 Å². The summed E-state index contributed by atoms with van der Waals surface area (Å²) >= 11 is 1.61. The molecule has 2 N–H and O–H groups in total. The zero-order valence-electron chi connectivity index (χ0n) is 12.1. The number of rotatable bonds is 6. The molecule has 2 atom stereocenters. The average Bonchev–Trinajstić information content (AvgIpc) is 3.05. The molecule has 0 aromatic rings. The van der Waals surface area contributed by atoms with Crippen LogP contribution >= 0.6 is 11.8 Å². The second-order valence-electron chi connectivity index (χ2n) is 5.63. The zero-order valence-corrected chi connectivity index (χ0v) is 12.9. The number of carbonyl (C=O) groups is 2. The monoisotopic (exact) mass is 300 g/mol. The van der Waals surface area contributed by atoms with E-state index in [1.54, 1.807) is 11.8 Å². The van der Waals surface area contributed by atoms with Gasteiger partial charge in [-0.05, 0) is 31.4 Å². The van der Waals surface area contributed by atoms with Crippen molar-refractivity contribution >= 4 is 23.6 Å². The Bertz CT molecular complexity index is 369. The van der Waals surface area contributed by atoms with E-state index in [0.29, 0.717) is 25.1 Å². The van der Waals surface area contributed by atoms with Crippen LogP contribution in [0.4, 0.5) is 0 Å². The number of thioether (sulfide) groups is 1. The van der Waals surface area contributed by atoms with E-state index >= 15 is 0 Å². The third kappa shape index (κ3) is 3.47.